The summed E-state index contributed by atoms with van der Waals surface area (Å²) in [5.74, 6) is 0.382. The van der Waals surface area contributed by atoms with Gasteiger partial charge in [-0.15, -0.1) is 0 Å². The van der Waals surface area contributed by atoms with Crippen LogP contribution in [0.3, 0.4) is 0 Å². The third-order valence-corrected chi connectivity index (χ3v) is 2.40. The van der Waals surface area contributed by atoms with Crippen LogP contribution in [0.15, 0.2) is 29.0 Å². The van der Waals surface area contributed by atoms with Crippen molar-refractivity contribution in [3.63, 3.8) is 0 Å². The van der Waals surface area contributed by atoms with Crippen LogP contribution in [-0.4, -0.2) is 15.9 Å². The molecule has 2 aromatic rings. The van der Waals surface area contributed by atoms with Crippen LogP contribution in [0.5, 0.6) is 0 Å². The lowest BCUT2D eigenvalue weighted by Gasteiger charge is -2.04. The van der Waals surface area contributed by atoms with Crippen LogP contribution in [-0.2, 0) is 4.79 Å². The Morgan fingerprint density at radius 1 is 1.53 bits per heavy atom. The van der Waals surface area contributed by atoms with Crippen molar-refractivity contribution in [2.75, 3.05) is 5.32 Å². The lowest BCUT2D eigenvalue weighted by Crippen LogP contribution is -2.07. The van der Waals surface area contributed by atoms with E-state index in [9.17, 15) is 4.79 Å². The topological polar surface area (TPSA) is 54.9 Å². The molecule has 0 radical (unpaired) electrons. The van der Waals surface area contributed by atoms with Gasteiger partial charge in [0, 0.05) is 18.5 Å². The number of anilines is 1. The average Bonchev–Trinajstić information content (AvgIpc) is 2.16. The summed E-state index contributed by atoms with van der Waals surface area (Å²) in [4.78, 5) is 19.2. The van der Waals surface area contributed by atoms with Gasteiger partial charge in [0.25, 0.3) is 0 Å². The Kier molecular flexibility index (Phi) is 2.64. The SMILES string of the molecule is CC(=O)Nc1cc2cccnc2c(Br)n1. The Bertz CT molecular complexity index is 527. The number of hydrogen-bond acceptors (Lipinski definition) is 3. The Labute approximate surface area is 94.9 Å². The number of halogens is 1. The largest absolute Gasteiger partial charge is 0.311 e. The van der Waals surface area contributed by atoms with E-state index >= 15 is 0 Å². The fourth-order valence-electron chi connectivity index (χ4n) is 1.29. The summed E-state index contributed by atoms with van der Waals surface area (Å²) in [5.41, 5.74) is 0.784. The normalized spacial score (nSPS) is 10.3. The highest BCUT2D eigenvalue weighted by Crippen LogP contribution is 2.22. The molecular weight excluding hydrogens is 258 g/mol. The molecule has 4 nitrogen and oxygen atoms in total. The van der Waals surface area contributed by atoms with E-state index in [0.29, 0.717) is 10.4 Å². The van der Waals surface area contributed by atoms with E-state index in [0.717, 1.165) is 10.9 Å². The molecule has 1 amide bonds. The number of rotatable bonds is 1. The molecule has 2 aromatic heterocycles. The third kappa shape index (κ3) is 2.12. The van der Waals surface area contributed by atoms with Gasteiger partial charge >= 0.3 is 0 Å². The minimum atomic E-state index is -0.141. The molecule has 2 rings (SSSR count). The molecule has 0 saturated heterocycles. The van der Waals surface area contributed by atoms with Gasteiger partial charge in [-0.05, 0) is 28.1 Å². The van der Waals surface area contributed by atoms with Crippen molar-refractivity contribution in [3.8, 4) is 0 Å². The van der Waals surface area contributed by atoms with E-state index in [-0.39, 0.29) is 5.91 Å². The van der Waals surface area contributed by atoms with E-state index in [1.54, 1.807) is 12.3 Å². The highest BCUT2D eigenvalue weighted by Gasteiger charge is 2.04. The van der Waals surface area contributed by atoms with Crippen molar-refractivity contribution >= 4 is 38.6 Å². The van der Waals surface area contributed by atoms with Crippen LogP contribution >= 0.6 is 15.9 Å². The lowest BCUT2D eigenvalue weighted by molar-refractivity contribution is -0.114. The molecule has 0 saturated carbocycles. The first-order chi connectivity index (χ1) is 7.16. The van der Waals surface area contributed by atoms with Crippen LogP contribution in [0.2, 0.25) is 0 Å². The van der Waals surface area contributed by atoms with Gasteiger partial charge < -0.3 is 5.32 Å². The number of aromatic nitrogens is 2. The highest BCUT2D eigenvalue weighted by atomic mass is 79.9. The standard InChI is InChI=1S/C10H8BrN3O/c1-6(15)13-8-5-7-3-2-4-12-9(7)10(11)14-8/h2-5H,1H3,(H,13,14,15). The van der Waals surface area contributed by atoms with Gasteiger partial charge in [-0.3, -0.25) is 9.78 Å². The molecule has 0 aliphatic carbocycles. The van der Waals surface area contributed by atoms with Crippen molar-refractivity contribution in [1.29, 1.82) is 0 Å². The summed E-state index contributed by atoms with van der Waals surface area (Å²) >= 11 is 3.31. The van der Waals surface area contributed by atoms with Crippen LogP contribution in [0.4, 0.5) is 5.82 Å². The summed E-state index contributed by atoms with van der Waals surface area (Å²) in [6, 6.07) is 5.54. The van der Waals surface area contributed by atoms with Gasteiger partial charge in [-0.25, -0.2) is 4.98 Å². The maximum Gasteiger partial charge on any atom is 0.222 e. The Morgan fingerprint density at radius 2 is 2.33 bits per heavy atom. The van der Waals surface area contributed by atoms with E-state index in [2.05, 4.69) is 31.2 Å². The van der Waals surface area contributed by atoms with E-state index in [1.165, 1.54) is 6.92 Å². The van der Waals surface area contributed by atoms with Gasteiger partial charge in [0.1, 0.15) is 15.9 Å². The van der Waals surface area contributed by atoms with Crippen molar-refractivity contribution in [2.24, 2.45) is 0 Å². The Balaban J connectivity index is 2.57. The zero-order valence-corrected chi connectivity index (χ0v) is 9.58. The number of carbonyl (C=O) groups excluding carboxylic acids is 1. The molecule has 0 unspecified atom stereocenters. The minimum absolute atomic E-state index is 0.141. The summed E-state index contributed by atoms with van der Waals surface area (Å²) < 4.78 is 0.629. The molecule has 15 heavy (non-hydrogen) atoms. The van der Waals surface area contributed by atoms with Crippen LogP contribution in [0.1, 0.15) is 6.92 Å². The maximum atomic E-state index is 10.9. The molecule has 0 bridgehead atoms. The van der Waals surface area contributed by atoms with Gasteiger partial charge in [0.05, 0.1) is 0 Å². The average molecular weight is 266 g/mol. The summed E-state index contributed by atoms with van der Waals surface area (Å²) in [6.45, 7) is 1.45. The lowest BCUT2D eigenvalue weighted by atomic mass is 10.2. The second-order valence-electron chi connectivity index (χ2n) is 3.05. The molecule has 0 aliphatic rings. The predicted molar refractivity (Wildman–Crippen MR) is 61.5 cm³/mol. The monoisotopic (exact) mass is 265 g/mol. The van der Waals surface area contributed by atoms with Crippen LogP contribution in [0, 0.1) is 0 Å². The fraction of sp³-hybridized carbons (Fsp3) is 0.100. The smallest absolute Gasteiger partial charge is 0.222 e. The first-order valence-corrected chi connectivity index (χ1v) is 5.15. The summed E-state index contributed by atoms with van der Waals surface area (Å²) in [7, 11) is 0. The molecule has 2 heterocycles. The molecular formula is C10H8BrN3O. The minimum Gasteiger partial charge on any atom is -0.311 e. The molecule has 1 N–H and O–H groups in total. The molecule has 0 fully saturated rings. The van der Waals surface area contributed by atoms with Gasteiger partial charge in [0.2, 0.25) is 5.91 Å². The molecule has 76 valence electrons. The maximum absolute atomic E-state index is 10.9. The number of fused-ring (bicyclic) bond motifs is 1. The van der Waals surface area contributed by atoms with Gasteiger partial charge in [-0.1, -0.05) is 6.07 Å². The molecule has 0 atom stereocenters. The number of nitrogens with one attached hydrogen (secondary N) is 1. The number of amides is 1. The second-order valence-corrected chi connectivity index (χ2v) is 3.81. The van der Waals surface area contributed by atoms with E-state index < -0.39 is 0 Å². The highest BCUT2D eigenvalue weighted by molar-refractivity contribution is 9.10. The number of hydrogen-bond donors (Lipinski definition) is 1. The number of nitrogens with zero attached hydrogens (tertiary/aromatic N) is 2. The summed E-state index contributed by atoms with van der Waals surface area (Å²) in [6.07, 6.45) is 1.70. The zero-order chi connectivity index (χ0) is 10.8. The van der Waals surface area contributed by atoms with Gasteiger partial charge in [-0.2, -0.15) is 0 Å². The van der Waals surface area contributed by atoms with Gasteiger partial charge in [0.15, 0.2) is 0 Å². The molecule has 0 aromatic carbocycles. The molecule has 0 spiro atoms. The van der Waals surface area contributed by atoms with Crippen LogP contribution in [0.25, 0.3) is 10.9 Å². The fourth-order valence-corrected chi connectivity index (χ4v) is 1.81. The van der Waals surface area contributed by atoms with Crippen LogP contribution < -0.4 is 5.32 Å². The molecule has 0 aliphatic heterocycles. The quantitative estimate of drug-likeness (QED) is 0.806. The summed E-state index contributed by atoms with van der Waals surface area (Å²) in [5, 5.41) is 3.56. The first kappa shape index (κ1) is 10.0. The van der Waals surface area contributed by atoms with Crippen molar-refractivity contribution in [2.45, 2.75) is 6.92 Å². The second kappa shape index (κ2) is 3.94. The molecule has 5 heteroatoms. The van der Waals surface area contributed by atoms with E-state index in [4.69, 9.17) is 0 Å². The van der Waals surface area contributed by atoms with E-state index in [1.807, 2.05) is 12.1 Å². The number of pyridine rings is 2. The predicted octanol–water partition coefficient (Wildman–Crippen LogP) is 2.35. The number of carbonyl (C=O) groups is 1. The Morgan fingerprint density at radius 3 is 3.07 bits per heavy atom. The Hall–Kier alpha value is -1.49. The van der Waals surface area contributed by atoms with Crippen molar-refractivity contribution < 1.29 is 4.79 Å². The first-order valence-electron chi connectivity index (χ1n) is 4.35. The van der Waals surface area contributed by atoms with Crippen molar-refractivity contribution in [1.82, 2.24) is 9.97 Å². The zero-order valence-electron chi connectivity index (χ0n) is 7.99. The van der Waals surface area contributed by atoms with Crippen molar-refractivity contribution in [3.05, 3.63) is 29.0 Å². The third-order valence-electron chi connectivity index (χ3n) is 1.85.